The maximum atomic E-state index is 13.5. The van der Waals surface area contributed by atoms with Gasteiger partial charge in [0.05, 0.1) is 40.7 Å². The van der Waals surface area contributed by atoms with E-state index < -0.39 is 0 Å². The third-order valence-electron chi connectivity index (χ3n) is 7.20. The lowest BCUT2D eigenvalue weighted by Gasteiger charge is -2.22. The summed E-state index contributed by atoms with van der Waals surface area (Å²) >= 11 is 0. The zero-order valence-corrected chi connectivity index (χ0v) is 20.6. The van der Waals surface area contributed by atoms with Crippen molar-refractivity contribution in [2.75, 3.05) is 0 Å². The fourth-order valence-corrected chi connectivity index (χ4v) is 5.26. The van der Waals surface area contributed by atoms with Gasteiger partial charge in [-0.25, -0.2) is 9.37 Å². The molecule has 1 aliphatic carbocycles. The molecule has 38 heavy (non-hydrogen) atoms. The van der Waals surface area contributed by atoms with Crippen molar-refractivity contribution in [1.82, 2.24) is 30.1 Å². The van der Waals surface area contributed by atoms with Gasteiger partial charge in [0.1, 0.15) is 17.3 Å². The van der Waals surface area contributed by atoms with Gasteiger partial charge in [0.25, 0.3) is 0 Å². The first-order chi connectivity index (χ1) is 18.7. The molecule has 6 aromatic rings. The second-order valence-corrected chi connectivity index (χ2v) is 9.77. The Bertz CT molecular complexity index is 1750. The first kappa shape index (κ1) is 22.6. The van der Waals surface area contributed by atoms with Crippen molar-refractivity contribution in [2.45, 2.75) is 38.2 Å². The largest absolute Gasteiger partial charge is 0.489 e. The Balaban J connectivity index is 1.25. The molecule has 4 heterocycles. The van der Waals surface area contributed by atoms with Crippen LogP contribution in [0.4, 0.5) is 4.39 Å². The summed E-state index contributed by atoms with van der Waals surface area (Å²) in [5.41, 5.74) is 6.68. The Hall–Kier alpha value is -4.59. The van der Waals surface area contributed by atoms with Crippen LogP contribution in [0.1, 0.15) is 32.1 Å². The van der Waals surface area contributed by atoms with Crippen molar-refractivity contribution in [3.8, 4) is 39.7 Å². The summed E-state index contributed by atoms with van der Waals surface area (Å²) in [5, 5.41) is 8.53. The van der Waals surface area contributed by atoms with Crippen molar-refractivity contribution in [2.24, 2.45) is 0 Å². The van der Waals surface area contributed by atoms with E-state index in [4.69, 9.17) is 9.72 Å². The van der Waals surface area contributed by atoms with Gasteiger partial charge < -0.3 is 9.72 Å². The van der Waals surface area contributed by atoms with Crippen molar-refractivity contribution in [3.05, 3.63) is 79.0 Å². The number of nitrogens with zero attached hydrogens (tertiary/aromatic N) is 4. The molecule has 1 aliphatic rings. The van der Waals surface area contributed by atoms with Crippen LogP contribution >= 0.6 is 0 Å². The second kappa shape index (κ2) is 9.37. The molecule has 0 saturated heterocycles. The SMILES string of the molecule is Fc1ccc(-c2cccc3[nH]c(-c4n[nH]c5cnc(-c6cncc(OC7CCCCC7)c6)cc45)nc23)cc1. The summed E-state index contributed by atoms with van der Waals surface area (Å²) in [6.45, 7) is 0. The number of aromatic nitrogens is 6. The van der Waals surface area contributed by atoms with Gasteiger partial charge in [-0.1, -0.05) is 30.7 Å². The van der Waals surface area contributed by atoms with E-state index in [9.17, 15) is 4.39 Å². The fraction of sp³-hybridized carbons (Fsp3) is 0.200. The molecule has 2 aromatic carbocycles. The number of nitrogens with one attached hydrogen (secondary N) is 2. The molecule has 4 aromatic heterocycles. The molecular weight excluding hydrogens is 479 g/mol. The molecule has 1 saturated carbocycles. The first-order valence-electron chi connectivity index (χ1n) is 12.9. The lowest BCUT2D eigenvalue weighted by Crippen LogP contribution is -2.19. The van der Waals surface area contributed by atoms with Crippen LogP contribution in [0.25, 0.3) is 55.8 Å². The van der Waals surface area contributed by atoms with Crippen LogP contribution in [0.5, 0.6) is 5.75 Å². The summed E-state index contributed by atoms with van der Waals surface area (Å²) in [6.07, 6.45) is 11.5. The highest BCUT2D eigenvalue weighted by molar-refractivity contribution is 5.97. The molecule has 7 rings (SSSR count). The Morgan fingerprint density at radius 2 is 1.74 bits per heavy atom. The highest BCUT2D eigenvalue weighted by atomic mass is 19.1. The number of benzene rings is 2. The summed E-state index contributed by atoms with van der Waals surface area (Å²) in [4.78, 5) is 17.4. The van der Waals surface area contributed by atoms with E-state index in [0.29, 0.717) is 11.5 Å². The normalized spacial score (nSPS) is 14.3. The Kier molecular flexibility index (Phi) is 5.57. The van der Waals surface area contributed by atoms with Crippen LogP contribution in [0, 0.1) is 5.82 Å². The number of pyridine rings is 2. The van der Waals surface area contributed by atoms with E-state index in [0.717, 1.165) is 62.9 Å². The standard InChI is InChI=1S/C30H25FN6O/c31-20-11-9-18(10-12-20)23-7-4-8-25-28(23)35-30(34-25)29-24-14-26(33-17-27(24)36-37-29)19-13-22(16-32-15-19)38-21-5-2-1-3-6-21/h4,7-17,21H,1-3,5-6H2,(H,34,35)(H,36,37). The van der Waals surface area contributed by atoms with Gasteiger partial charge in [-0.05, 0) is 61.6 Å². The fourth-order valence-electron chi connectivity index (χ4n) is 5.26. The van der Waals surface area contributed by atoms with Gasteiger partial charge in [-0.3, -0.25) is 15.1 Å². The number of rotatable bonds is 5. The molecule has 188 valence electrons. The third-order valence-corrected chi connectivity index (χ3v) is 7.20. The van der Waals surface area contributed by atoms with E-state index in [1.165, 1.54) is 31.4 Å². The quantitative estimate of drug-likeness (QED) is 0.262. The number of ether oxygens (including phenoxy) is 1. The van der Waals surface area contributed by atoms with E-state index >= 15 is 0 Å². The zero-order valence-electron chi connectivity index (χ0n) is 20.6. The molecule has 2 N–H and O–H groups in total. The van der Waals surface area contributed by atoms with Gasteiger partial charge in [-0.15, -0.1) is 0 Å². The van der Waals surface area contributed by atoms with Crippen molar-refractivity contribution in [1.29, 1.82) is 0 Å². The van der Waals surface area contributed by atoms with Crippen LogP contribution in [0.2, 0.25) is 0 Å². The lowest BCUT2D eigenvalue weighted by atomic mass is 9.98. The monoisotopic (exact) mass is 504 g/mol. The molecule has 0 amide bonds. The van der Waals surface area contributed by atoms with Crippen LogP contribution in [-0.4, -0.2) is 36.2 Å². The van der Waals surface area contributed by atoms with Crippen LogP contribution < -0.4 is 4.74 Å². The topological polar surface area (TPSA) is 92.4 Å². The summed E-state index contributed by atoms with van der Waals surface area (Å²) < 4.78 is 19.7. The molecule has 0 atom stereocenters. The number of hydrogen-bond acceptors (Lipinski definition) is 5. The molecule has 0 unspecified atom stereocenters. The molecule has 0 spiro atoms. The zero-order chi connectivity index (χ0) is 25.5. The number of hydrogen-bond donors (Lipinski definition) is 2. The van der Waals surface area contributed by atoms with Gasteiger partial charge in [0, 0.05) is 22.7 Å². The predicted octanol–water partition coefficient (Wildman–Crippen LogP) is 7.08. The number of halogens is 1. The number of para-hydroxylation sites is 1. The Labute approximate surface area is 218 Å². The molecule has 0 radical (unpaired) electrons. The van der Waals surface area contributed by atoms with Crippen LogP contribution in [0.3, 0.4) is 0 Å². The maximum absolute atomic E-state index is 13.5. The smallest absolute Gasteiger partial charge is 0.159 e. The number of H-pyrrole nitrogens is 2. The van der Waals surface area contributed by atoms with Crippen molar-refractivity contribution >= 4 is 21.9 Å². The highest BCUT2D eigenvalue weighted by Crippen LogP contribution is 2.33. The predicted molar refractivity (Wildman–Crippen MR) is 145 cm³/mol. The number of aromatic amines is 2. The molecule has 0 bridgehead atoms. The van der Waals surface area contributed by atoms with E-state index in [1.807, 2.05) is 30.3 Å². The van der Waals surface area contributed by atoms with Gasteiger partial charge in [0.2, 0.25) is 0 Å². The minimum absolute atomic E-state index is 0.254. The minimum Gasteiger partial charge on any atom is -0.489 e. The Morgan fingerprint density at radius 3 is 2.61 bits per heavy atom. The summed E-state index contributed by atoms with van der Waals surface area (Å²) in [5.74, 6) is 1.15. The van der Waals surface area contributed by atoms with Gasteiger partial charge in [-0.2, -0.15) is 5.10 Å². The molecular formula is C30H25FN6O. The van der Waals surface area contributed by atoms with Crippen molar-refractivity contribution in [3.63, 3.8) is 0 Å². The number of fused-ring (bicyclic) bond motifs is 2. The highest BCUT2D eigenvalue weighted by Gasteiger charge is 2.18. The summed E-state index contributed by atoms with van der Waals surface area (Å²) in [7, 11) is 0. The third kappa shape index (κ3) is 4.18. The first-order valence-corrected chi connectivity index (χ1v) is 12.9. The number of imidazole rings is 1. The average molecular weight is 505 g/mol. The molecule has 0 aliphatic heterocycles. The van der Waals surface area contributed by atoms with Gasteiger partial charge >= 0.3 is 0 Å². The maximum Gasteiger partial charge on any atom is 0.159 e. The van der Waals surface area contributed by atoms with Gasteiger partial charge in [0.15, 0.2) is 5.82 Å². The molecule has 8 heteroatoms. The average Bonchev–Trinajstić information content (AvgIpc) is 3.58. The summed E-state index contributed by atoms with van der Waals surface area (Å²) in [6, 6.07) is 16.4. The van der Waals surface area contributed by atoms with Crippen LogP contribution in [0.15, 0.2) is 73.2 Å². The lowest BCUT2D eigenvalue weighted by molar-refractivity contribution is 0.154. The Morgan fingerprint density at radius 1 is 0.868 bits per heavy atom. The minimum atomic E-state index is -0.266. The van der Waals surface area contributed by atoms with E-state index in [1.54, 1.807) is 30.7 Å². The van der Waals surface area contributed by atoms with E-state index in [-0.39, 0.29) is 11.9 Å². The molecule has 1 fully saturated rings. The second-order valence-electron chi connectivity index (χ2n) is 9.77. The molecule has 7 nitrogen and oxygen atoms in total. The van der Waals surface area contributed by atoms with Crippen molar-refractivity contribution < 1.29 is 9.13 Å². The van der Waals surface area contributed by atoms with E-state index in [2.05, 4.69) is 25.1 Å². The van der Waals surface area contributed by atoms with Crippen LogP contribution in [-0.2, 0) is 0 Å².